The van der Waals surface area contributed by atoms with Crippen LogP contribution in [-0.2, 0) is 11.8 Å². The van der Waals surface area contributed by atoms with Gasteiger partial charge in [0.25, 0.3) is 5.91 Å². The summed E-state index contributed by atoms with van der Waals surface area (Å²) in [6, 6.07) is 9.25. The van der Waals surface area contributed by atoms with Crippen LogP contribution in [0.4, 0.5) is 0 Å². The number of benzene rings is 1. The number of hydrogen-bond acceptors (Lipinski definition) is 1. The third kappa shape index (κ3) is 2.73. The van der Waals surface area contributed by atoms with Crippen molar-refractivity contribution in [2.24, 2.45) is 18.9 Å². The molecule has 5 rings (SSSR count). The highest BCUT2D eigenvalue weighted by Crippen LogP contribution is 2.51. The van der Waals surface area contributed by atoms with Gasteiger partial charge < -0.3 is 9.47 Å². The van der Waals surface area contributed by atoms with Gasteiger partial charge in [0.05, 0.1) is 6.04 Å². The van der Waals surface area contributed by atoms with E-state index >= 15 is 0 Å². The van der Waals surface area contributed by atoms with Crippen molar-refractivity contribution in [2.45, 2.75) is 77.8 Å². The second-order valence-electron chi connectivity index (χ2n) is 9.74. The summed E-state index contributed by atoms with van der Waals surface area (Å²) in [6.07, 6.45) is 8.13. The molecule has 1 fully saturated rings. The molecule has 0 spiro atoms. The van der Waals surface area contributed by atoms with Crippen LogP contribution in [0.2, 0.25) is 0 Å². The Morgan fingerprint density at radius 1 is 1.00 bits per heavy atom. The van der Waals surface area contributed by atoms with E-state index in [0.717, 1.165) is 31.3 Å². The molecule has 4 unspecified atom stereocenters. The summed E-state index contributed by atoms with van der Waals surface area (Å²) in [5.41, 5.74) is 6.56. The largest absolute Gasteiger partial charge is 0.348 e. The van der Waals surface area contributed by atoms with Crippen LogP contribution in [0.25, 0.3) is 10.9 Å². The average molecular weight is 391 g/mol. The Morgan fingerprint density at radius 3 is 2.59 bits per heavy atom. The van der Waals surface area contributed by atoms with Gasteiger partial charge in [-0.3, -0.25) is 4.79 Å². The highest BCUT2D eigenvalue weighted by Gasteiger charge is 2.47. The first-order valence-corrected chi connectivity index (χ1v) is 11.6. The Morgan fingerprint density at radius 2 is 1.76 bits per heavy atom. The Labute approximate surface area is 174 Å². The van der Waals surface area contributed by atoms with Crippen molar-refractivity contribution in [3.63, 3.8) is 0 Å². The van der Waals surface area contributed by atoms with Crippen molar-refractivity contribution in [1.29, 1.82) is 0 Å². The predicted molar refractivity (Wildman–Crippen MR) is 119 cm³/mol. The molecule has 154 valence electrons. The van der Waals surface area contributed by atoms with Crippen LogP contribution < -0.4 is 0 Å². The van der Waals surface area contributed by atoms with Gasteiger partial charge >= 0.3 is 0 Å². The third-order valence-electron chi connectivity index (χ3n) is 8.35. The summed E-state index contributed by atoms with van der Waals surface area (Å²) < 4.78 is 2.32. The van der Waals surface area contributed by atoms with Crippen LogP contribution in [-0.4, -0.2) is 21.4 Å². The van der Waals surface area contributed by atoms with Crippen molar-refractivity contribution in [3.05, 3.63) is 46.7 Å². The number of amides is 1. The fourth-order valence-electron chi connectivity index (χ4n) is 6.41. The molecule has 2 aromatic rings. The van der Waals surface area contributed by atoms with Crippen LogP contribution >= 0.6 is 0 Å². The Bertz CT molecular complexity index is 998. The van der Waals surface area contributed by atoms with Crippen LogP contribution in [0.3, 0.4) is 0 Å². The van der Waals surface area contributed by atoms with E-state index in [-0.39, 0.29) is 6.04 Å². The highest BCUT2D eigenvalue weighted by molar-refractivity contribution is 5.99. The van der Waals surface area contributed by atoms with E-state index in [1.807, 2.05) is 0 Å². The topological polar surface area (TPSA) is 25.2 Å². The van der Waals surface area contributed by atoms with Crippen molar-refractivity contribution in [2.75, 3.05) is 0 Å². The summed E-state index contributed by atoms with van der Waals surface area (Å²) in [5, 5.41) is 1.33. The normalized spacial score (nSPS) is 30.3. The second kappa shape index (κ2) is 7.04. The number of para-hydroxylation sites is 1. The summed E-state index contributed by atoms with van der Waals surface area (Å²) in [6.45, 7) is 7.00. The van der Waals surface area contributed by atoms with Gasteiger partial charge in [-0.2, -0.15) is 0 Å². The minimum absolute atomic E-state index is 0.140. The van der Waals surface area contributed by atoms with Gasteiger partial charge in [0.15, 0.2) is 0 Å². The maximum Gasteiger partial charge on any atom is 0.250 e. The first kappa shape index (κ1) is 19.0. The summed E-state index contributed by atoms with van der Waals surface area (Å²) >= 11 is 0. The van der Waals surface area contributed by atoms with Crippen LogP contribution in [0.1, 0.15) is 76.1 Å². The molecule has 3 aliphatic rings. The Balaban J connectivity index is 1.70. The monoisotopic (exact) mass is 390 g/mol. The molecule has 0 radical (unpaired) electrons. The number of rotatable bonds is 2. The first-order chi connectivity index (χ1) is 14.0. The Kier molecular flexibility index (Phi) is 4.60. The molecule has 1 saturated carbocycles. The molecule has 0 N–H and O–H groups in total. The van der Waals surface area contributed by atoms with E-state index in [9.17, 15) is 4.79 Å². The molecule has 2 aliphatic carbocycles. The van der Waals surface area contributed by atoms with Crippen molar-refractivity contribution >= 4 is 16.8 Å². The van der Waals surface area contributed by atoms with E-state index in [1.54, 1.807) is 0 Å². The van der Waals surface area contributed by atoms with E-state index in [4.69, 9.17) is 0 Å². The maximum atomic E-state index is 13.8. The minimum Gasteiger partial charge on any atom is -0.348 e. The summed E-state index contributed by atoms with van der Waals surface area (Å²) in [7, 11) is 2.17. The van der Waals surface area contributed by atoms with Crippen molar-refractivity contribution in [1.82, 2.24) is 9.47 Å². The number of fused-ring (bicyclic) bond motifs is 1. The molecule has 1 amide bonds. The molecular weight excluding hydrogens is 356 g/mol. The van der Waals surface area contributed by atoms with Crippen molar-refractivity contribution < 1.29 is 4.79 Å². The predicted octanol–water partition coefficient (Wildman–Crippen LogP) is 6.07. The number of hydrogen-bond donors (Lipinski definition) is 0. The fourth-order valence-corrected chi connectivity index (χ4v) is 6.41. The van der Waals surface area contributed by atoms with Gasteiger partial charge in [-0.25, -0.2) is 0 Å². The quantitative estimate of drug-likeness (QED) is 0.611. The smallest absolute Gasteiger partial charge is 0.250 e. The van der Waals surface area contributed by atoms with Crippen LogP contribution in [0.5, 0.6) is 0 Å². The van der Waals surface area contributed by atoms with E-state index < -0.39 is 0 Å². The van der Waals surface area contributed by atoms with Gasteiger partial charge in [0.1, 0.15) is 0 Å². The minimum atomic E-state index is 0.140. The van der Waals surface area contributed by atoms with Gasteiger partial charge in [0, 0.05) is 40.8 Å². The van der Waals surface area contributed by atoms with Crippen molar-refractivity contribution in [3.8, 4) is 0 Å². The molecule has 0 saturated heterocycles. The van der Waals surface area contributed by atoms with Crippen LogP contribution in [0, 0.1) is 18.8 Å². The van der Waals surface area contributed by atoms with E-state index in [2.05, 4.69) is 61.6 Å². The molecule has 1 aromatic carbocycles. The lowest BCUT2D eigenvalue weighted by Crippen LogP contribution is -2.47. The lowest BCUT2D eigenvalue weighted by atomic mass is 9.76. The zero-order valence-electron chi connectivity index (χ0n) is 18.4. The SMILES string of the molecule is Cc1c(C2C3=C(CCCC3)C(=O)N2C2CCCC(C)C2C)c2ccccc2n1C. The third-order valence-corrected chi connectivity index (χ3v) is 8.35. The Hall–Kier alpha value is -2.03. The number of carbonyl (C=O) groups is 1. The van der Waals surface area contributed by atoms with Gasteiger partial charge in [-0.15, -0.1) is 0 Å². The zero-order chi connectivity index (χ0) is 20.3. The van der Waals surface area contributed by atoms with Gasteiger partial charge in [-0.1, -0.05) is 44.9 Å². The number of carbonyl (C=O) groups excluding carboxylic acids is 1. The van der Waals surface area contributed by atoms with Gasteiger partial charge in [-0.05, 0) is 62.5 Å². The lowest BCUT2D eigenvalue weighted by Gasteiger charge is -2.43. The molecule has 3 nitrogen and oxygen atoms in total. The molecule has 2 heterocycles. The van der Waals surface area contributed by atoms with Crippen LogP contribution in [0.15, 0.2) is 35.4 Å². The van der Waals surface area contributed by atoms with Gasteiger partial charge in [0.2, 0.25) is 0 Å². The molecule has 0 bridgehead atoms. The number of aryl methyl sites for hydroxylation is 1. The molecular formula is C26H34N2O. The van der Waals surface area contributed by atoms with E-state index in [0.29, 0.717) is 23.8 Å². The number of nitrogens with zero attached hydrogens (tertiary/aromatic N) is 2. The molecule has 29 heavy (non-hydrogen) atoms. The summed E-state index contributed by atoms with van der Waals surface area (Å²) in [4.78, 5) is 16.1. The lowest BCUT2D eigenvalue weighted by molar-refractivity contribution is -0.132. The fraction of sp³-hybridized carbons (Fsp3) is 0.577. The molecule has 4 atom stereocenters. The zero-order valence-corrected chi connectivity index (χ0v) is 18.4. The molecule has 1 aliphatic heterocycles. The summed E-state index contributed by atoms with van der Waals surface area (Å²) in [5.74, 6) is 1.60. The maximum absolute atomic E-state index is 13.8. The molecule has 1 aromatic heterocycles. The first-order valence-electron chi connectivity index (χ1n) is 11.6. The average Bonchev–Trinajstić information content (AvgIpc) is 3.16. The highest BCUT2D eigenvalue weighted by atomic mass is 16.2. The van der Waals surface area contributed by atoms with E-state index in [1.165, 1.54) is 47.0 Å². The second-order valence-corrected chi connectivity index (χ2v) is 9.74. The number of aromatic nitrogens is 1. The molecule has 3 heteroatoms. The standard InChI is InChI=1S/C26H34N2O/c1-16-10-9-15-22(17(16)2)28-25(19-11-5-6-12-20(19)26(28)29)24-18(3)27(4)23-14-8-7-13-21(23)24/h7-8,13-14,16-17,22,25H,5-6,9-12,15H2,1-4H3.